The number of nitrogens with one attached hydrogen (secondary N) is 1. The fraction of sp³-hybridized carbons (Fsp3) is 0.238. The van der Waals surface area contributed by atoms with Crippen LogP contribution < -0.4 is 5.32 Å². The molecule has 1 aliphatic rings. The summed E-state index contributed by atoms with van der Waals surface area (Å²) >= 11 is 1.67. The van der Waals surface area contributed by atoms with Gasteiger partial charge in [0.05, 0.1) is 11.6 Å². The van der Waals surface area contributed by atoms with Crippen molar-refractivity contribution < 1.29 is 4.79 Å². The second-order valence-corrected chi connectivity index (χ2v) is 7.38. The highest BCUT2D eigenvalue weighted by molar-refractivity contribution is 7.10. The van der Waals surface area contributed by atoms with Gasteiger partial charge >= 0.3 is 0 Å². The van der Waals surface area contributed by atoms with Gasteiger partial charge in [0, 0.05) is 17.3 Å². The van der Waals surface area contributed by atoms with E-state index < -0.39 is 0 Å². The summed E-state index contributed by atoms with van der Waals surface area (Å²) in [5.41, 5.74) is 4.63. The molecule has 1 atom stereocenters. The second kappa shape index (κ2) is 7.19. The summed E-state index contributed by atoms with van der Waals surface area (Å²) in [4.78, 5) is 17.9. The molecule has 3 nitrogen and oxygen atoms in total. The lowest BCUT2D eigenvalue weighted by Gasteiger charge is -2.22. The third kappa shape index (κ3) is 3.49. The van der Waals surface area contributed by atoms with E-state index in [4.69, 9.17) is 0 Å². The molecule has 1 unspecified atom stereocenters. The van der Waals surface area contributed by atoms with Crippen LogP contribution in [0.3, 0.4) is 0 Å². The van der Waals surface area contributed by atoms with Crippen molar-refractivity contribution in [3.05, 3.63) is 87.4 Å². The van der Waals surface area contributed by atoms with E-state index >= 15 is 0 Å². The van der Waals surface area contributed by atoms with Crippen molar-refractivity contribution in [2.45, 2.75) is 31.7 Å². The number of aryl methyl sites for hydroxylation is 2. The van der Waals surface area contributed by atoms with Crippen LogP contribution in [0.15, 0.2) is 60.2 Å². The van der Waals surface area contributed by atoms with E-state index in [2.05, 4.69) is 39.9 Å². The van der Waals surface area contributed by atoms with Crippen molar-refractivity contribution in [1.82, 2.24) is 10.3 Å². The zero-order valence-corrected chi connectivity index (χ0v) is 14.8. The van der Waals surface area contributed by atoms with Crippen molar-refractivity contribution in [3.8, 4) is 0 Å². The van der Waals surface area contributed by atoms with Crippen molar-refractivity contribution in [1.29, 1.82) is 0 Å². The first kappa shape index (κ1) is 16.0. The first-order chi connectivity index (χ1) is 12.3. The molecular formula is C21H20N2OS. The number of amides is 1. The summed E-state index contributed by atoms with van der Waals surface area (Å²) < 4.78 is 0. The first-order valence-corrected chi connectivity index (χ1v) is 9.55. The Balaban J connectivity index is 1.66. The molecule has 126 valence electrons. The highest BCUT2D eigenvalue weighted by Crippen LogP contribution is 2.30. The minimum Gasteiger partial charge on any atom is -0.340 e. The predicted octanol–water partition coefficient (Wildman–Crippen LogP) is 4.54. The molecule has 1 amide bonds. The van der Waals surface area contributed by atoms with Crippen LogP contribution in [0, 0.1) is 0 Å². The van der Waals surface area contributed by atoms with Crippen LogP contribution in [0.1, 0.15) is 50.8 Å². The van der Waals surface area contributed by atoms with Crippen LogP contribution in [0.2, 0.25) is 0 Å². The number of nitrogens with zero attached hydrogens (tertiary/aromatic N) is 1. The van der Waals surface area contributed by atoms with Gasteiger partial charge in [0.15, 0.2) is 0 Å². The van der Waals surface area contributed by atoms with Gasteiger partial charge < -0.3 is 5.32 Å². The molecular weight excluding hydrogens is 328 g/mol. The van der Waals surface area contributed by atoms with Crippen LogP contribution in [-0.2, 0) is 12.8 Å². The Morgan fingerprint density at radius 2 is 1.96 bits per heavy atom. The number of carbonyl (C=O) groups excluding carboxylic acids is 1. The zero-order chi connectivity index (χ0) is 17.1. The summed E-state index contributed by atoms with van der Waals surface area (Å²) in [5.74, 6) is -0.0933. The lowest BCUT2D eigenvalue weighted by Crippen LogP contribution is -2.29. The second-order valence-electron chi connectivity index (χ2n) is 6.40. The predicted molar refractivity (Wildman–Crippen MR) is 101 cm³/mol. The molecule has 1 N–H and O–H groups in total. The molecule has 3 aromatic rings. The van der Waals surface area contributed by atoms with Gasteiger partial charge in [0.25, 0.3) is 5.91 Å². The van der Waals surface area contributed by atoms with Gasteiger partial charge in [-0.1, -0.05) is 24.3 Å². The van der Waals surface area contributed by atoms with Crippen molar-refractivity contribution in [3.63, 3.8) is 0 Å². The third-order valence-electron chi connectivity index (χ3n) is 4.73. The first-order valence-electron chi connectivity index (χ1n) is 8.67. The number of pyridine rings is 1. The smallest absolute Gasteiger partial charge is 0.253 e. The van der Waals surface area contributed by atoms with E-state index in [1.165, 1.54) is 30.4 Å². The molecule has 2 heterocycles. The fourth-order valence-electron chi connectivity index (χ4n) is 3.42. The van der Waals surface area contributed by atoms with Crippen LogP contribution in [0.25, 0.3) is 0 Å². The molecule has 4 rings (SSSR count). The number of aromatic nitrogens is 1. The average molecular weight is 348 g/mol. The number of carbonyl (C=O) groups is 1. The van der Waals surface area contributed by atoms with Crippen LogP contribution in [0.5, 0.6) is 0 Å². The van der Waals surface area contributed by atoms with Gasteiger partial charge in [-0.25, -0.2) is 0 Å². The minimum absolute atomic E-state index is 0.0933. The molecule has 1 aliphatic carbocycles. The van der Waals surface area contributed by atoms with Gasteiger partial charge in [-0.2, -0.15) is 0 Å². The lowest BCUT2D eigenvalue weighted by atomic mass is 9.89. The molecule has 0 bridgehead atoms. The van der Waals surface area contributed by atoms with Crippen LogP contribution in [0.4, 0.5) is 0 Å². The van der Waals surface area contributed by atoms with E-state index in [9.17, 15) is 4.79 Å². The number of thiophene rings is 1. The highest BCUT2D eigenvalue weighted by Gasteiger charge is 2.20. The van der Waals surface area contributed by atoms with Crippen LogP contribution >= 0.6 is 11.3 Å². The molecule has 4 heteroatoms. The van der Waals surface area contributed by atoms with Gasteiger partial charge in [-0.15, -0.1) is 11.3 Å². The standard InChI is InChI=1S/C21H20N2OS/c24-21(18-7-3-11-22-14-18)23-20(19-8-4-12-25-19)17-10-9-15-5-1-2-6-16(15)13-17/h3-4,7-14,20H,1-2,5-6H2,(H,23,24). The van der Waals surface area contributed by atoms with E-state index in [1.54, 1.807) is 35.9 Å². The van der Waals surface area contributed by atoms with Gasteiger partial charge in [0.2, 0.25) is 0 Å². The SMILES string of the molecule is O=C(NC(c1ccc2c(c1)CCCC2)c1cccs1)c1cccnc1. The number of rotatable bonds is 4. The monoisotopic (exact) mass is 348 g/mol. The topological polar surface area (TPSA) is 42.0 Å². The summed E-state index contributed by atoms with van der Waals surface area (Å²) in [5, 5.41) is 5.24. The largest absolute Gasteiger partial charge is 0.340 e. The number of benzene rings is 1. The van der Waals surface area contributed by atoms with E-state index in [0.717, 1.165) is 16.9 Å². The number of hydrogen-bond donors (Lipinski definition) is 1. The molecule has 0 aliphatic heterocycles. The maximum atomic E-state index is 12.7. The lowest BCUT2D eigenvalue weighted by molar-refractivity contribution is 0.0943. The third-order valence-corrected chi connectivity index (χ3v) is 5.67. The fourth-order valence-corrected chi connectivity index (χ4v) is 4.22. The maximum Gasteiger partial charge on any atom is 0.253 e. The van der Waals surface area contributed by atoms with Gasteiger partial charge in [0.1, 0.15) is 0 Å². The van der Waals surface area contributed by atoms with E-state index in [0.29, 0.717) is 5.56 Å². The normalized spacial score (nSPS) is 14.6. The maximum absolute atomic E-state index is 12.7. The summed E-state index contributed by atoms with van der Waals surface area (Å²) in [6, 6.07) is 14.2. The van der Waals surface area contributed by atoms with Gasteiger partial charge in [-0.05, 0) is 66.0 Å². The Hall–Kier alpha value is -2.46. The summed E-state index contributed by atoms with van der Waals surface area (Å²) in [7, 11) is 0. The molecule has 0 fully saturated rings. The van der Waals surface area contributed by atoms with Crippen molar-refractivity contribution >= 4 is 17.2 Å². The zero-order valence-electron chi connectivity index (χ0n) is 13.9. The molecule has 2 aromatic heterocycles. The van der Waals surface area contributed by atoms with E-state index in [-0.39, 0.29) is 11.9 Å². The Morgan fingerprint density at radius 3 is 2.72 bits per heavy atom. The molecule has 0 spiro atoms. The summed E-state index contributed by atoms with van der Waals surface area (Å²) in [6.07, 6.45) is 8.11. The molecule has 0 radical (unpaired) electrons. The average Bonchev–Trinajstić information content (AvgIpc) is 3.20. The Morgan fingerprint density at radius 1 is 1.08 bits per heavy atom. The van der Waals surface area contributed by atoms with Gasteiger partial charge in [-0.3, -0.25) is 9.78 Å². The van der Waals surface area contributed by atoms with Crippen molar-refractivity contribution in [2.24, 2.45) is 0 Å². The quantitative estimate of drug-likeness (QED) is 0.752. The molecule has 0 saturated carbocycles. The summed E-state index contributed by atoms with van der Waals surface area (Å²) in [6.45, 7) is 0. The van der Waals surface area contributed by atoms with Crippen molar-refractivity contribution in [2.75, 3.05) is 0 Å². The molecule has 0 saturated heterocycles. The Labute approximate surface area is 151 Å². The number of fused-ring (bicyclic) bond motifs is 1. The molecule has 25 heavy (non-hydrogen) atoms. The Bertz CT molecular complexity index is 859. The highest BCUT2D eigenvalue weighted by atomic mass is 32.1. The minimum atomic E-state index is -0.125. The molecule has 1 aromatic carbocycles. The van der Waals surface area contributed by atoms with Crippen LogP contribution in [-0.4, -0.2) is 10.9 Å². The van der Waals surface area contributed by atoms with E-state index in [1.807, 2.05) is 6.07 Å². The Kier molecular flexibility index (Phi) is 4.61. The number of hydrogen-bond acceptors (Lipinski definition) is 3.